The summed E-state index contributed by atoms with van der Waals surface area (Å²) >= 11 is 5.85. The molecule has 1 heterocycles. The van der Waals surface area contributed by atoms with Crippen LogP contribution in [0.5, 0.6) is 0 Å². The van der Waals surface area contributed by atoms with Gasteiger partial charge in [0, 0.05) is 5.39 Å². The number of hydrogen-bond acceptors (Lipinski definition) is 5. The molecule has 1 amide bonds. The lowest BCUT2D eigenvalue weighted by molar-refractivity contribution is -0.152. The van der Waals surface area contributed by atoms with Gasteiger partial charge in [0.05, 0.1) is 33.8 Å². The second-order valence-corrected chi connectivity index (χ2v) is 6.94. The van der Waals surface area contributed by atoms with E-state index in [1.165, 1.54) is 6.92 Å². The molecule has 0 aliphatic carbocycles. The van der Waals surface area contributed by atoms with Gasteiger partial charge in [-0.05, 0) is 31.2 Å². The molecule has 0 aliphatic rings. The molecule has 0 bridgehead atoms. The average Bonchev–Trinajstić information content (AvgIpc) is 2.71. The van der Waals surface area contributed by atoms with Gasteiger partial charge in [-0.2, -0.15) is 18.3 Å². The van der Waals surface area contributed by atoms with Crippen molar-refractivity contribution in [2.24, 2.45) is 0 Å². The van der Waals surface area contributed by atoms with Crippen molar-refractivity contribution >= 4 is 39.9 Å². The van der Waals surface area contributed by atoms with E-state index in [0.29, 0.717) is 16.8 Å². The fraction of sp³-hybridized carbons (Fsp3) is 0.200. The number of hydrogen-bond donors (Lipinski definition) is 2. The van der Waals surface area contributed by atoms with Crippen LogP contribution in [0.2, 0.25) is 5.02 Å². The Balaban J connectivity index is 1.69. The summed E-state index contributed by atoms with van der Waals surface area (Å²) in [6.07, 6.45) is -6.28. The third-order valence-electron chi connectivity index (χ3n) is 4.32. The monoisotopic (exact) mass is 453 g/mol. The molecule has 1 atom stereocenters. The number of H-pyrrole nitrogens is 1. The quantitative estimate of drug-likeness (QED) is 0.573. The zero-order valence-corrected chi connectivity index (χ0v) is 16.7. The van der Waals surface area contributed by atoms with Crippen molar-refractivity contribution < 1.29 is 27.5 Å². The number of carbonyl (C=O) groups is 2. The Bertz CT molecular complexity index is 1210. The van der Waals surface area contributed by atoms with Gasteiger partial charge in [-0.25, -0.2) is 5.10 Å². The summed E-state index contributed by atoms with van der Waals surface area (Å²) in [6.45, 7) is 1.26. The number of alkyl halides is 3. The largest absolute Gasteiger partial charge is 0.452 e. The number of anilines is 1. The lowest BCUT2D eigenvalue weighted by atomic mass is 10.1. The van der Waals surface area contributed by atoms with Gasteiger partial charge >= 0.3 is 12.1 Å². The summed E-state index contributed by atoms with van der Waals surface area (Å²) < 4.78 is 43.6. The Morgan fingerprint density at radius 2 is 1.87 bits per heavy atom. The van der Waals surface area contributed by atoms with Gasteiger partial charge in [-0.1, -0.05) is 29.8 Å². The molecule has 3 aromatic rings. The molecular formula is C20H15ClF3N3O4. The molecule has 162 valence electrons. The van der Waals surface area contributed by atoms with Crippen LogP contribution >= 0.6 is 11.6 Å². The average molecular weight is 454 g/mol. The lowest BCUT2D eigenvalue weighted by Gasteiger charge is -2.15. The van der Waals surface area contributed by atoms with Crippen molar-refractivity contribution in [2.45, 2.75) is 25.6 Å². The number of nitrogens with one attached hydrogen (secondary N) is 2. The van der Waals surface area contributed by atoms with Crippen molar-refractivity contribution in [1.82, 2.24) is 10.2 Å². The number of halogens is 4. The minimum Gasteiger partial charge on any atom is -0.452 e. The molecule has 3 rings (SSSR count). The zero-order valence-electron chi connectivity index (χ0n) is 15.9. The SMILES string of the molecule is CC(OC(=O)Cc1n[nH]c(=O)c2ccccc12)C(=O)Nc1cc(C(F)(F)F)ccc1Cl. The van der Waals surface area contributed by atoms with Gasteiger partial charge in [0.2, 0.25) is 0 Å². The van der Waals surface area contributed by atoms with E-state index >= 15 is 0 Å². The number of nitrogens with zero attached hydrogens (tertiary/aromatic N) is 1. The van der Waals surface area contributed by atoms with Crippen LogP contribution in [0.4, 0.5) is 18.9 Å². The highest BCUT2D eigenvalue weighted by Crippen LogP contribution is 2.33. The molecule has 0 fully saturated rings. The Kier molecular flexibility index (Phi) is 6.30. The van der Waals surface area contributed by atoms with Crippen molar-refractivity contribution in [1.29, 1.82) is 0 Å². The lowest BCUT2D eigenvalue weighted by Crippen LogP contribution is -2.31. The molecule has 0 radical (unpaired) electrons. The highest BCUT2D eigenvalue weighted by molar-refractivity contribution is 6.33. The molecule has 1 aromatic heterocycles. The van der Waals surface area contributed by atoms with Gasteiger partial charge in [0.25, 0.3) is 11.5 Å². The number of aromatic nitrogens is 2. The van der Waals surface area contributed by atoms with E-state index in [4.69, 9.17) is 16.3 Å². The van der Waals surface area contributed by atoms with Crippen LogP contribution < -0.4 is 10.9 Å². The molecule has 1 unspecified atom stereocenters. The fourth-order valence-electron chi connectivity index (χ4n) is 2.77. The maximum Gasteiger partial charge on any atom is 0.416 e. The predicted molar refractivity (Wildman–Crippen MR) is 107 cm³/mol. The van der Waals surface area contributed by atoms with E-state index in [-0.39, 0.29) is 22.8 Å². The minimum atomic E-state index is -4.62. The van der Waals surface area contributed by atoms with E-state index in [9.17, 15) is 27.6 Å². The van der Waals surface area contributed by atoms with E-state index in [1.807, 2.05) is 0 Å². The molecule has 0 aliphatic heterocycles. The highest BCUT2D eigenvalue weighted by atomic mass is 35.5. The number of rotatable bonds is 5. The normalized spacial score (nSPS) is 12.4. The van der Waals surface area contributed by atoms with Gasteiger partial charge in [0.15, 0.2) is 6.10 Å². The van der Waals surface area contributed by atoms with Gasteiger partial charge in [-0.15, -0.1) is 0 Å². The predicted octanol–water partition coefficient (Wildman–Crippen LogP) is 3.71. The van der Waals surface area contributed by atoms with Crippen LogP contribution in [0.25, 0.3) is 10.8 Å². The third-order valence-corrected chi connectivity index (χ3v) is 4.65. The Labute approximate surface area is 178 Å². The molecule has 2 N–H and O–H groups in total. The van der Waals surface area contributed by atoms with Crippen LogP contribution in [-0.4, -0.2) is 28.2 Å². The standard InChI is InChI=1S/C20H15ClF3N3O4/c1-10(18(29)25-16-8-11(20(22,23)24)6-7-14(16)21)31-17(28)9-15-12-4-2-3-5-13(12)19(30)27-26-15/h2-8,10H,9H2,1H3,(H,25,29)(H,27,30). The third kappa shape index (κ3) is 5.21. The first-order chi connectivity index (χ1) is 14.6. The van der Waals surface area contributed by atoms with Crippen molar-refractivity contribution in [3.05, 3.63) is 69.1 Å². The number of esters is 1. The van der Waals surface area contributed by atoms with Crippen molar-refractivity contribution in [3.8, 4) is 0 Å². The summed E-state index contributed by atoms with van der Waals surface area (Å²) in [4.78, 5) is 36.3. The molecule has 0 spiro atoms. The van der Waals surface area contributed by atoms with E-state index in [2.05, 4.69) is 15.5 Å². The van der Waals surface area contributed by atoms with E-state index in [1.54, 1.807) is 24.3 Å². The van der Waals surface area contributed by atoms with E-state index < -0.39 is 35.3 Å². The Hall–Kier alpha value is -3.40. The topological polar surface area (TPSA) is 101 Å². The van der Waals surface area contributed by atoms with Crippen LogP contribution in [-0.2, 0) is 26.9 Å². The number of benzene rings is 2. The maximum absolute atomic E-state index is 12.9. The first-order valence-corrected chi connectivity index (χ1v) is 9.27. The summed E-state index contributed by atoms with van der Waals surface area (Å²) in [7, 11) is 0. The molecular weight excluding hydrogens is 439 g/mol. The Morgan fingerprint density at radius 3 is 2.55 bits per heavy atom. The second-order valence-electron chi connectivity index (χ2n) is 6.54. The highest BCUT2D eigenvalue weighted by Gasteiger charge is 2.31. The molecule has 2 aromatic carbocycles. The Morgan fingerprint density at radius 1 is 1.19 bits per heavy atom. The summed E-state index contributed by atoms with van der Waals surface area (Å²) in [5.41, 5.74) is -1.43. The number of aromatic amines is 1. The molecule has 0 saturated heterocycles. The van der Waals surface area contributed by atoms with Gasteiger partial charge in [0.1, 0.15) is 0 Å². The molecule has 11 heteroatoms. The van der Waals surface area contributed by atoms with Crippen LogP contribution in [0.15, 0.2) is 47.3 Å². The number of fused-ring (bicyclic) bond motifs is 1. The van der Waals surface area contributed by atoms with E-state index in [0.717, 1.165) is 12.1 Å². The number of carbonyl (C=O) groups excluding carboxylic acids is 2. The summed E-state index contributed by atoms with van der Waals surface area (Å²) in [5.74, 6) is -1.68. The van der Waals surface area contributed by atoms with Crippen molar-refractivity contribution in [2.75, 3.05) is 5.32 Å². The van der Waals surface area contributed by atoms with Crippen molar-refractivity contribution in [3.63, 3.8) is 0 Å². The number of ether oxygens (including phenoxy) is 1. The molecule has 0 saturated carbocycles. The first kappa shape index (κ1) is 22.3. The molecule has 7 nitrogen and oxygen atoms in total. The van der Waals surface area contributed by atoms with Crippen LogP contribution in [0.1, 0.15) is 18.2 Å². The summed E-state index contributed by atoms with van der Waals surface area (Å²) in [6, 6.07) is 8.99. The smallest absolute Gasteiger partial charge is 0.416 e. The number of amides is 1. The minimum absolute atomic E-state index is 0.108. The maximum atomic E-state index is 12.9. The second kappa shape index (κ2) is 8.76. The molecule has 31 heavy (non-hydrogen) atoms. The zero-order chi connectivity index (χ0) is 22.8. The van der Waals surface area contributed by atoms with Gasteiger partial charge < -0.3 is 10.1 Å². The van der Waals surface area contributed by atoms with Crippen LogP contribution in [0, 0.1) is 0 Å². The first-order valence-electron chi connectivity index (χ1n) is 8.89. The fourth-order valence-corrected chi connectivity index (χ4v) is 2.93. The van der Waals surface area contributed by atoms with Gasteiger partial charge in [-0.3, -0.25) is 14.4 Å². The van der Waals surface area contributed by atoms with Crippen LogP contribution in [0.3, 0.4) is 0 Å². The summed E-state index contributed by atoms with van der Waals surface area (Å²) in [5, 5.41) is 9.03.